The van der Waals surface area contributed by atoms with Crippen molar-refractivity contribution >= 4 is 0 Å². The highest BCUT2D eigenvalue weighted by atomic mass is 14.8. The summed E-state index contributed by atoms with van der Waals surface area (Å²) in [5.74, 6) is 1.95. The Kier molecular flexibility index (Phi) is 2.08. The largest absolute Gasteiger partial charge is 0.0614 e. The Morgan fingerprint density at radius 3 is 2.18 bits per heavy atom. The summed E-state index contributed by atoms with van der Waals surface area (Å²) in [6.07, 6.45) is 7.34. The van der Waals surface area contributed by atoms with Crippen molar-refractivity contribution < 1.29 is 0 Å². The molecule has 98 valence electrons. The minimum Gasteiger partial charge on any atom is -0.0614 e. The zero-order valence-electron chi connectivity index (χ0n) is 12.7. The van der Waals surface area contributed by atoms with Crippen LogP contribution in [0.25, 0.3) is 0 Å². The zero-order chi connectivity index (χ0) is 12.7. The molecule has 3 aliphatic carbocycles. The number of rotatable bonds is 0. The monoisotopic (exact) mass is 234 g/mol. The molecular formula is C17H30. The molecule has 0 saturated heterocycles. The fourth-order valence-corrected chi connectivity index (χ4v) is 6.26. The Bertz CT molecular complexity index is 355. The van der Waals surface area contributed by atoms with Crippen molar-refractivity contribution in [2.24, 2.45) is 33.5 Å². The van der Waals surface area contributed by atoms with Gasteiger partial charge in [0.25, 0.3) is 0 Å². The van der Waals surface area contributed by atoms with E-state index in [0.29, 0.717) is 21.7 Å². The molecule has 5 unspecified atom stereocenters. The molecule has 0 radical (unpaired) electrons. The van der Waals surface area contributed by atoms with E-state index in [9.17, 15) is 0 Å². The van der Waals surface area contributed by atoms with Crippen molar-refractivity contribution in [3.05, 3.63) is 0 Å². The molecule has 0 bridgehead atoms. The van der Waals surface area contributed by atoms with Crippen LogP contribution in [0.15, 0.2) is 0 Å². The van der Waals surface area contributed by atoms with Crippen molar-refractivity contribution in [1.29, 1.82) is 0 Å². The Hall–Kier alpha value is 0. The highest BCUT2D eigenvalue weighted by molar-refractivity contribution is 5.24. The standard InChI is InChI=1S/C17H30/c1-12-15(4)10-13(15)16(5)9-7-8-14(2,3)11-17(12,16)6/h12-13H,7-11H2,1-6H3. The molecule has 5 atom stereocenters. The Balaban J connectivity index is 2.05. The van der Waals surface area contributed by atoms with Gasteiger partial charge in [-0.2, -0.15) is 0 Å². The minimum atomic E-state index is 0.563. The average molecular weight is 234 g/mol. The third-order valence-corrected chi connectivity index (χ3v) is 7.69. The van der Waals surface area contributed by atoms with E-state index in [1.54, 1.807) is 0 Å². The van der Waals surface area contributed by atoms with Crippen molar-refractivity contribution in [2.75, 3.05) is 0 Å². The normalized spacial score (nSPS) is 60.4. The van der Waals surface area contributed by atoms with Gasteiger partial charge in [0.2, 0.25) is 0 Å². The van der Waals surface area contributed by atoms with E-state index >= 15 is 0 Å². The summed E-state index contributed by atoms with van der Waals surface area (Å²) >= 11 is 0. The van der Waals surface area contributed by atoms with Gasteiger partial charge in [0, 0.05) is 0 Å². The van der Waals surface area contributed by atoms with Gasteiger partial charge in [-0.25, -0.2) is 0 Å². The first-order valence-electron chi connectivity index (χ1n) is 7.66. The fraction of sp³-hybridized carbons (Fsp3) is 1.00. The second kappa shape index (κ2) is 2.94. The predicted octanol–water partition coefficient (Wildman–Crippen LogP) is 5.28. The maximum Gasteiger partial charge on any atom is -0.0233 e. The fourth-order valence-electron chi connectivity index (χ4n) is 6.26. The summed E-state index contributed by atoms with van der Waals surface area (Å²) < 4.78 is 0. The van der Waals surface area contributed by atoms with E-state index in [1.165, 1.54) is 32.1 Å². The first-order chi connectivity index (χ1) is 7.66. The maximum absolute atomic E-state index is 2.63. The molecule has 0 N–H and O–H groups in total. The van der Waals surface area contributed by atoms with Crippen LogP contribution in [-0.2, 0) is 0 Å². The molecule has 17 heavy (non-hydrogen) atoms. The van der Waals surface area contributed by atoms with E-state index in [0.717, 1.165) is 11.8 Å². The zero-order valence-corrected chi connectivity index (χ0v) is 12.7. The molecule has 0 amide bonds. The van der Waals surface area contributed by atoms with Crippen LogP contribution >= 0.6 is 0 Å². The van der Waals surface area contributed by atoms with Gasteiger partial charge in [-0.1, -0.05) is 48.0 Å². The average Bonchev–Trinajstić information content (AvgIpc) is 2.86. The van der Waals surface area contributed by atoms with Gasteiger partial charge in [0.15, 0.2) is 0 Å². The molecule has 3 rings (SSSR count). The summed E-state index contributed by atoms with van der Waals surface area (Å²) in [7, 11) is 0. The van der Waals surface area contributed by atoms with E-state index in [1.807, 2.05) is 0 Å². The topological polar surface area (TPSA) is 0 Å². The molecule has 0 heteroatoms. The second-order valence-electron chi connectivity index (χ2n) is 9.01. The summed E-state index contributed by atoms with van der Waals surface area (Å²) in [6.45, 7) is 15.4. The van der Waals surface area contributed by atoms with E-state index in [2.05, 4.69) is 41.5 Å². The molecule has 0 aromatic rings. The lowest BCUT2D eigenvalue weighted by Gasteiger charge is -2.48. The SMILES string of the molecule is CC1C2(C)CC2C2(C)CCCC(C)(C)CC12C. The van der Waals surface area contributed by atoms with Gasteiger partial charge in [-0.15, -0.1) is 0 Å². The van der Waals surface area contributed by atoms with Crippen molar-refractivity contribution in [1.82, 2.24) is 0 Å². The quantitative estimate of drug-likeness (QED) is 0.535. The van der Waals surface area contributed by atoms with Crippen LogP contribution in [0.5, 0.6) is 0 Å². The van der Waals surface area contributed by atoms with E-state index in [4.69, 9.17) is 0 Å². The second-order valence-corrected chi connectivity index (χ2v) is 9.01. The lowest BCUT2D eigenvalue weighted by atomic mass is 9.56. The van der Waals surface area contributed by atoms with E-state index < -0.39 is 0 Å². The van der Waals surface area contributed by atoms with E-state index in [-0.39, 0.29) is 0 Å². The highest BCUT2D eigenvalue weighted by Crippen LogP contribution is 2.82. The van der Waals surface area contributed by atoms with Crippen LogP contribution in [0.3, 0.4) is 0 Å². The third kappa shape index (κ3) is 1.25. The molecule has 0 aromatic carbocycles. The van der Waals surface area contributed by atoms with Gasteiger partial charge >= 0.3 is 0 Å². The number of hydrogen-bond donors (Lipinski definition) is 0. The van der Waals surface area contributed by atoms with Crippen molar-refractivity contribution in [3.8, 4) is 0 Å². The van der Waals surface area contributed by atoms with Crippen LogP contribution < -0.4 is 0 Å². The highest BCUT2D eigenvalue weighted by Gasteiger charge is 2.75. The predicted molar refractivity (Wildman–Crippen MR) is 73.8 cm³/mol. The summed E-state index contributed by atoms with van der Waals surface area (Å²) in [6, 6.07) is 0. The van der Waals surface area contributed by atoms with Gasteiger partial charge < -0.3 is 0 Å². The third-order valence-electron chi connectivity index (χ3n) is 7.69. The Morgan fingerprint density at radius 2 is 1.53 bits per heavy atom. The van der Waals surface area contributed by atoms with Gasteiger partial charge in [-0.3, -0.25) is 0 Å². The summed E-state index contributed by atoms with van der Waals surface area (Å²) in [5.41, 5.74) is 2.48. The first-order valence-corrected chi connectivity index (χ1v) is 7.66. The molecule has 3 fully saturated rings. The molecule has 0 heterocycles. The van der Waals surface area contributed by atoms with Gasteiger partial charge in [0.1, 0.15) is 0 Å². The Labute approximate surface area is 108 Å². The van der Waals surface area contributed by atoms with Gasteiger partial charge in [-0.05, 0) is 59.2 Å². The first kappa shape index (κ1) is 12.1. The van der Waals surface area contributed by atoms with Gasteiger partial charge in [0.05, 0.1) is 0 Å². The van der Waals surface area contributed by atoms with Crippen LogP contribution in [0.2, 0.25) is 0 Å². The smallest absolute Gasteiger partial charge is 0.0233 e. The van der Waals surface area contributed by atoms with Crippen LogP contribution in [0.1, 0.15) is 73.6 Å². The van der Waals surface area contributed by atoms with Crippen molar-refractivity contribution in [2.45, 2.75) is 73.6 Å². The minimum absolute atomic E-state index is 0.563. The molecule has 0 nitrogen and oxygen atoms in total. The van der Waals surface area contributed by atoms with Crippen molar-refractivity contribution in [3.63, 3.8) is 0 Å². The molecule has 3 saturated carbocycles. The molecule has 0 aliphatic heterocycles. The Morgan fingerprint density at radius 1 is 0.882 bits per heavy atom. The maximum atomic E-state index is 2.63. The number of hydrogen-bond acceptors (Lipinski definition) is 0. The summed E-state index contributed by atoms with van der Waals surface area (Å²) in [5, 5.41) is 0. The lowest BCUT2D eigenvalue weighted by Crippen LogP contribution is -2.41. The number of fused-ring (bicyclic) bond motifs is 3. The van der Waals surface area contributed by atoms with Crippen LogP contribution in [0, 0.1) is 33.5 Å². The molecule has 0 aromatic heterocycles. The van der Waals surface area contributed by atoms with Crippen LogP contribution in [-0.4, -0.2) is 0 Å². The summed E-state index contributed by atoms with van der Waals surface area (Å²) in [4.78, 5) is 0. The molecule has 0 spiro atoms. The molecule has 3 aliphatic rings. The molecular weight excluding hydrogens is 204 g/mol. The lowest BCUT2D eigenvalue weighted by molar-refractivity contribution is 0.00195. The van der Waals surface area contributed by atoms with Crippen LogP contribution in [0.4, 0.5) is 0 Å².